The van der Waals surface area contributed by atoms with Crippen molar-refractivity contribution in [1.82, 2.24) is 10.2 Å². The Morgan fingerprint density at radius 2 is 2.00 bits per heavy atom. The molecule has 1 aliphatic carbocycles. The van der Waals surface area contributed by atoms with Gasteiger partial charge in [-0.15, -0.1) is 0 Å². The monoisotopic (exact) mass is 482 g/mol. The molecule has 2 aliphatic rings. The van der Waals surface area contributed by atoms with Gasteiger partial charge in [0, 0.05) is 10.5 Å². The smallest absolute Gasteiger partial charge is 0.343 e. The van der Waals surface area contributed by atoms with Crippen LogP contribution in [-0.4, -0.2) is 48.8 Å². The first-order valence-electron chi connectivity index (χ1n) is 9.38. The molecule has 0 aromatic heterocycles. The number of halogens is 1. The number of nitrogens with zero attached hydrogens (tertiary/aromatic N) is 1. The van der Waals surface area contributed by atoms with Crippen molar-refractivity contribution < 1.29 is 23.8 Å². The molecular formula is C20H23BrN2O5S. The van der Waals surface area contributed by atoms with Gasteiger partial charge in [0.1, 0.15) is 5.70 Å². The molecule has 9 heteroatoms. The number of carbonyl (C=O) groups excluding carboxylic acids is 2. The lowest BCUT2D eigenvalue weighted by Gasteiger charge is -2.29. The van der Waals surface area contributed by atoms with Gasteiger partial charge in [0.15, 0.2) is 23.2 Å². The van der Waals surface area contributed by atoms with Crippen molar-refractivity contribution in [3.05, 3.63) is 27.9 Å². The fourth-order valence-electron chi connectivity index (χ4n) is 3.50. The van der Waals surface area contributed by atoms with E-state index in [1.54, 1.807) is 23.1 Å². The second kappa shape index (κ2) is 9.58. The summed E-state index contributed by atoms with van der Waals surface area (Å²) in [4.78, 5) is 26.0. The first kappa shape index (κ1) is 21.6. The lowest BCUT2D eigenvalue weighted by atomic mass is 9.94. The molecule has 0 atom stereocenters. The molecule has 1 aromatic carbocycles. The Bertz CT molecular complexity index is 852. The predicted molar refractivity (Wildman–Crippen MR) is 116 cm³/mol. The maximum absolute atomic E-state index is 12.9. The number of methoxy groups -OCH3 is 2. The molecule has 156 valence electrons. The fourth-order valence-corrected chi connectivity index (χ4v) is 4.28. The number of esters is 1. The van der Waals surface area contributed by atoms with Gasteiger partial charge >= 0.3 is 5.97 Å². The minimum Gasteiger partial charge on any atom is -0.493 e. The summed E-state index contributed by atoms with van der Waals surface area (Å²) >= 11 is 8.90. The van der Waals surface area contributed by atoms with Crippen LogP contribution in [0.25, 0.3) is 6.08 Å². The largest absolute Gasteiger partial charge is 0.493 e. The van der Waals surface area contributed by atoms with E-state index in [1.807, 2.05) is 0 Å². The SMILES string of the molecule is COC(=O)COc1cc(Br)c(/C=C2\NC(=S)N(C3CCCCC3)C2=O)cc1OC. The van der Waals surface area contributed by atoms with Gasteiger partial charge in [-0.1, -0.05) is 35.2 Å². The Labute approximate surface area is 183 Å². The summed E-state index contributed by atoms with van der Waals surface area (Å²) in [5.74, 6) is 0.211. The number of thiocarbonyl (C=S) groups is 1. The molecule has 1 aromatic rings. The van der Waals surface area contributed by atoms with Gasteiger partial charge in [0.2, 0.25) is 0 Å². The highest BCUT2D eigenvalue weighted by Gasteiger charge is 2.36. The normalized spacial score (nSPS) is 18.7. The summed E-state index contributed by atoms with van der Waals surface area (Å²) in [5, 5.41) is 3.49. The number of hydrogen-bond acceptors (Lipinski definition) is 6. The van der Waals surface area contributed by atoms with Crippen molar-refractivity contribution in [1.29, 1.82) is 0 Å². The van der Waals surface area contributed by atoms with Crippen LogP contribution in [0.3, 0.4) is 0 Å². The molecule has 0 bridgehead atoms. The Balaban J connectivity index is 1.83. The van der Waals surface area contributed by atoms with Gasteiger partial charge in [-0.3, -0.25) is 9.69 Å². The topological polar surface area (TPSA) is 77.1 Å². The van der Waals surface area contributed by atoms with Gasteiger partial charge in [0.05, 0.1) is 14.2 Å². The van der Waals surface area contributed by atoms with Crippen LogP contribution in [0.4, 0.5) is 0 Å². The van der Waals surface area contributed by atoms with E-state index in [1.165, 1.54) is 20.6 Å². The lowest BCUT2D eigenvalue weighted by molar-refractivity contribution is -0.142. The van der Waals surface area contributed by atoms with Gasteiger partial charge in [-0.2, -0.15) is 0 Å². The second-order valence-corrected chi connectivity index (χ2v) is 8.09. The summed E-state index contributed by atoms with van der Waals surface area (Å²) in [6.45, 7) is -0.232. The molecule has 7 nitrogen and oxygen atoms in total. The number of rotatable bonds is 6. The second-order valence-electron chi connectivity index (χ2n) is 6.84. The van der Waals surface area contributed by atoms with Gasteiger partial charge in [-0.05, 0) is 48.8 Å². The lowest BCUT2D eigenvalue weighted by Crippen LogP contribution is -2.41. The van der Waals surface area contributed by atoms with Gasteiger partial charge in [-0.25, -0.2) is 4.79 Å². The molecule has 0 unspecified atom stereocenters. The highest BCUT2D eigenvalue weighted by Crippen LogP contribution is 2.35. The third-order valence-electron chi connectivity index (χ3n) is 5.01. The highest BCUT2D eigenvalue weighted by molar-refractivity contribution is 9.10. The molecule has 1 saturated heterocycles. The number of carbonyl (C=O) groups is 2. The van der Waals surface area contributed by atoms with E-state index < -0.39 is 5.97 Å². The zero-order chi connectivity index (χ0) is 21.0. The molecule has 1 saturated carbocycles. The first-order chi connectivity index (χ1) is 13.9. The molecule has 1 amide bonds. The van der Waals surface area contributed by atoms with Crippen molar-refractivity contribution in [2.24, 2.45) is 0 Å². The van der Waals surface area contributed by atoms with Crippen LogP contribution in [0.1, 0.15) is 37.7 Å². The van der Waals surface area contributed by atoms with Gasteiger partial charge < -0.3 is 19.5 Å². The van der Waals surface area contributed by atoms with E-state index in [4.69, 9.17) is 21.7 Å². The number of benzene rings is 1. The van der Waals surface area contributed by atoms with Crippen LogP contribution in [-0.2, 0) is 14.3 Å². The Morgan fingerprint density at radius 1 is 1.28 bits per heavy atom. The fraction of sp³-hybridized carbons (Fsp3) is 0.450. The zero-order valence-corrected chi connectivity index (χ0v) is 18.7. The van der Waals surface area contributed by atoms with Crippen molar-refractivity contribution in [3.63, 3.8) is 0 Å². The Kier molecular flexibility index (Phi) is 7.13. The Hall–Kier alpha value is -2.13. The summed E-state index contributed by atoms with van der Waals surface area (Å²) in [7, 11) is 2.80. The summed E-state index contributed by atoms with van der Waals surface area (Å²) in [5.41, 5.74) is 1.14. The van der Waals surface area contributed by atoms with E-state index in [9.17, 15) is 9.59 Å². The van der Waals surface area contributed by atoms with Gasteiger partial charge in [0.25, 0.3) is 5.91 Å². The number of hydrogen-bond donors (Lipinski definition) is 1. The van der Waals surface area contributed by atoms with Crippen LogP contribution in [0.2, 0.25) is 0 Å². The van der Waals surface area contributed by atoms with E-state index in [-0.39, 0.29) is 18.6 Å². The number of nitrogens with one attached hydrogen (secondary N) is 1. The molecule has 1 aliphatic heterocycles. The number of ether oxygens (including phenoxy) is 3. The maximum atomic E-state index is 12.9. The zero-order valence-electron chi connectivity index (χ0n) is 16.3. The van der Waals surface area contributed by atoms with E-state index >= 15 is 0 Å². The average Bonchev–Trinajstić information content (AvgIpc) is 3.01. The third-order valence-corrected chi connectivity index (χ3v) is 5.99. The predicted octanol–water partition coefficient (Wildman–Crippen LogP) is 3.40. The first-order valence-corrected chi connectivity index (χ1v) is 10.6. The minimum atomic E-state index is -0.494. The van der Waals surface area contributed by atoms with Crippen molar-refractivity contribution >= 4 is 51.2 Å². The molecule has 0 radical (unpaired) electrons. The average molecular weight is 483 g/mol. The summed E-state index contributed by atoms with van der Waals surface area (Å²) < 4.78 is 16.1. The molecule has 0 spiro atoms. The molecule has 29 heavy (non-hydrogen) atoms. The summed E-state index contributed by atoms with van der Waals surface area (Å²) in [6.07, 6.45) is 7.12. The maximum Gasteiger partial charge on any atom is 0.343 e. The number of amides is 1. The van der Waals surface area contributed by atoms with Crippen molar-refractivity contribution in [3.8, 4) is 11.5 Å². The van der Waals surface area contributed by atoms with Crippen molar-refractivity contribution in [2.45, 2.75) is 38.1 Å². The van der Waals surface area contributed by atoms with Crippen LogP contribution in [0.15, 0.2) is 22.3 Å². The molecule has 3 rings (SSSR count). The van der Waals surface area contributed by atoms with Crippen molar-refractivity contribution in [2.75, 3.05) is 20.8 Å². The van der Waals surface area contributed by atoms with Crippen LogP contribution in [0, 0.1) is 0 Å². The molecule has 2 fully saturated rings. The molecule has 1 heterocycles. The standard InChI is InChI=1S/C20H23BrN2O5S/c1-26-16-9-12(14(21)10-17(16)28-11-18(24)27-2)8-15-19(25)23(20(29)22-15)13-6-4-3-5-7-13/h8-10,13H,3-7,11H2,1-2H3,(H,22,29)/b15-8-. The van der Waals surface area contributed by atoms with E-state index in [0.717, 1.165) is 31.2 Å². The molecular weight excluding hydrogens is 460 g/mol. The highest BCUT2D eigenvalue weighted by atomic mass is 79.9. The minimum absolute atomic E-state index is 0.112. The molecule has 1 N–H and O–H groups in total. The quantitative estimate of drug-likeness (QED) is 0.378. The van der Waals surface area contributed by atoms with E-state index in [2.05, 4.69) is 26.0 Å². The van der Waals surface area contributed by atoms with Crippen LogP contribution < -0.4 is 14.8 Å². The van der Waals surface area contributed by atoms with Crippen LogP contribution >= 0.6 is 28.1 Å². The van der Waals surface area contributed by atoms with Crippen LogP contribution in [0.5, 0.6) is 11.5 Å². The van der Waals surface area contributed by atoms with E-state index in [0.29, 0.717) is 26.8 Å². The summed E-state index contributed by atoms with van der Waals surface area (Å²) in [6, 6.07) is 3.57. The third kappa shape index (κ3) is 4.90. The Morgan fingerprint density at radius 3 is 2.66 bits per heavy atom.